The largest absolute Gasteiger partial charge is 0.492 e. The fourth-order valence-corrected chi connectivity index (χ4v) is 4.04. The summed E-state index contributed by atoms with van der Waals surface area (Å²) < 4.78 is 10.6. The number of benzene rings is 2. The Kier molecular flexibility index (Phi) is 9.99. The summed E-state index contributed by atoms with van der Waals surface area (Å²) >= 11 is 6.38. The van der Waals surface area contributed by atoms with Crippen molar-refractivity contribution < 1.29 is 23.9 Å². The first-order chi connectivity index (χ1) is 17.7. The number of carbonyl (C=O) groups is 3. The maximum atomic E-state index is 13.5. The molecule has 1 aliphatic heterocycles. The Balaban J connectivity index is 1.83. The Labute approximate surface area is 222 Å². The van der Waals surface area contributed by atoms with Gasteiger partial charge < -0.3 is 14.8 Å². The van der Waals surface area contributed by atoms with Crippen molar-refractivity contribution in [1.82, 2.24) is 14.8 Å². The number of urea groups is 2. The quantitative estimate of drug-likeness (QED) is 0.231. The van der Waals surface area contributed by atoms with Gasteiger partial charge in [0.1, 0.15) is 5.75 Å². The summed E-state index contributed by atoms with van der Waals surface area (Å²) in [6, 6.07) is 11.6. The van der Waals surface area contributed by atoms with Gasteiger partial charge in [-0.25, -0.2) is 25.3 Å². The molecule has 10 nitrogen and oxygen atoms in total. The lowest BCUT2D eigenvalue weighted by atomic mass is 10.1. The minimum atomic E-state index is -0.985. The van der Waals surface area contributed by atoms with Crippen molar-refractivity contribution in [2.75, 3.05) is 25.1 Å². The number of aryl methyl sites for hydroxylation is 1. The van der Waals surface area contributed by atoms with E-state index in [4.69, 9.17) is 26.9 Å². The first-order valence-corrected chi connectivity index (χ1v) is 12.7. The molecule has 2 aromatic carbocycles. The molecule has 1 saturated heterocycles. The van der Waals surface area contributed by atoms with Gasteiger partial charge in [-0.1, -0.05) is 48.4 Å². The van der Waals surface area contributed by atoms with Gasteiger partial charge in [0, 0.05) is 18.7 Å². The van der Waals surface area contributed by atoms with Gasteiger partial charge in [-0.15, -0.1) is 0 Å². The molecule has 1 heterocycles. The van der Waals surface area contributed by atoms with Crippen molar-refractivity contribution in [2.45, 2.75) is 52.9 Å². The number of carbonyl (C=O) groups excluding carboxylic acids is 3. The molecule has 37 heavy (non-hydrogen) atoms. The van der Waals surface area contributed by atoms with Crippen LogP contribution in [0, 0.1) is 6.92 Å². The number of nitrogens with two attached hydrogens (primary N) is 1. The number of nitrogens with one attached hydrogen (secondary N) is 1. The van der Waals surface area contributed by atoms with Crippen LogP contribution in [0.25, 0.3) is 0 Å². The lowest BCUT2D eigenvalue weighted by Gasteiger charge is -2.45. The van der Waals surface area contributed by atoms with Crippen LogP contribution >= 0.6 is 11.6 Å². The van der Waals surface area contributed by atoms with Crippen molar-refractivity contribution in [3.05, 3.63) is 58.6 Å². The summed E-state index contributed by atoms with van der Waals surface area (Å²) in [5, 5.41) is 4.51. The predicted molar refractivity (Wildman–Crippen MR) is 141 cm³/mol. The number of hydrogen-bond donors (Lipinski definition) is 2. The van der Waals surface area contributed by atoms with Crippen molar-refractivity contribution in [1.29, 1.82) is 0 Å². The first-order valence-electron chi connectivity index (χ1n) is 12.3. The van der Waals surface area contributed by atoms with Crippen LogP contribution in [-0.4, -0.2) is 58.9 Å². The van der Waals surface area contributed by atoms with Crippen LogP contribution in [-0.2, 0) is 16.1 Å². The zero-order chi connectivity index (χ0) is 26.9. The van der Waals surface area contributed by atoms with Crippen LogP contribution in [0.3, 0.4) is 0 Å². The van der Waals surface area contributed by atoms with Gasteiger partial charge in [-0.2, -0.15) is 0 Å². The van der Waals surface area contributed by atoms with E-state index in [-0.39, 0.29) is 38.5 Å². The molecule has 200 valence electrons. The smallest absolute Gasteiger partial charge is 0.345 e. The second kappa shape index (κ2) is 13.2. The van der Waals surface area contributed by atoms with E-state index < -0.39 is 18.4 Å². The molecule has 1 aliphatic rings. The third-order valence-corrected chi connectivity index (χ3v) is 6.01. The lowest BCUT2D eigenvalue weighted by Crippen LogP contribution is -2.70. The number of nitrogens with zero attached hydrogens (tertiary/aromatic N) is 3. The first kappa shape index (κ1) is 28.1. The number of imide groups is 1. The highest BCUT2D eigenvalue weighted by molar-refractivity contribution is 6.32. The molecule has 2 aromatic rings. The van der Waals surface area contributed by atoms with Gasteiger partial charge in [0.05, 0.1) is 24.8 Å². The highest BCUT2D eigenvalue weighted by Crippen LogP contribution is 2.30. The minimum absolute atomic E-state index is 0.0244. The number of anilines is 1. The van der Waals surface area contributed by atoms with Gasteiger partial charge in [-0.3, -0.25) is 9.69 Å². The molecule has 0 saturated carbocycles. The van der Waals surface area contributed by atoms with Crippen LogP contribution < -0.4 is 15.9 Å². The van der Waals surface area contributed by atoms with Crippen LogP contribution in [0.5, 0.6) is 5.75 Å². The van der Waals surface area contributed by atoms with Gasteiger partial charge >= 0.3 is 18.0 Å². The Morgan fingerprint density at radius 2 is 1.84 bits per heavy atom. The standard InChI is InChI=1S/C26H34ClN5O5/c1-4-15-37-22-13-12-20(16-21(22)27)29-24-31(17-19-10-8-18(3)9-11-19)25(34)30(26(35)32(24)28)14-6-7-23(33)36-5-2/h8-13,16,24,29H,4-7,14-15,17,28H2,1-3H3. The van der Waals surface area contributed by atoms with Crippen LogP contribution in [0.1, 0.15) is 44.2 Å². The Morgan fingerprint density at radius 3 is 2.49 bits per heavy atom. The number of halogens is 1. The monoisotopic (exact) mass is 531 g/mol. The fourth-order valence-electron chi connectivity index (χ4n) is 3.80. The molecule has 0 aromatic heterocycles. The number of esters is 1. The zero-order valence-electron chi connectivity index (χ0n) is 21.4. The molecular formula is C26H34ClN5O5. The zero-order valence-corrected chi connectivity index (χ0v) is 22.2. The Morgan fingerprint density at radius 1 is 1.11 bits per heavy atom. The average molecular weight is 532 g/mol. The van der Waals surface area contributed by atoms with Gasteiger partial charge in [0.2, 0.25) is 6.29 Å². The van der Waals surface area contributed by atoms with Crippen molar-refractivity contribution in [3.8, 4) is 5.75 Å². The molecule has 1 fully saturated rings. The lowest BCUT2D eigenvalue weighted by molar-refractivity contribution is -0.143. The van der Waals surface area contributed by atoms with E-state index in [1.165, 1.54) is 4.90 Å². The maximum Gasteiger partial charge on any atom is 0.345 e. The van der Waals surface area contributed by atoms with E-state index in [1.807, 2.05) is 38.1 Å². The second-order valence-corrected chi connectivity index (χ2v) is 9.07. The third-order valence-electron chi connectivity index (χ3n) is 5.72. The predicted octanol–water partition coefficient (Wildman–Crippen LogP) is 4.71. The molecule has 3 rings (SSSR count). The van der Waals surface area contributed by atoms with Gasteiger partial charge in [-0.05, 0) is 50.5 Å². The molecule has 1 atom stereocenters. The van der Waals surface area contributed by atoms with Gasteiger partial charge in [0.15, 0.2) is 0 Å². The summed E-state index contributed by atoms with van der Waals surface area (Å²) in [6.45, 7) is 6.71. The van der Waals surface area contributed by atoms with E-state index in [2.05, 4.69) is 5.32 Å². The number of rotatable bonds is 12. The van der Waals surface area contributed by atoms with Crippen LogP contribution in [0.2, 0.25) is 5.02 Å². The molecule has 0 spiro atoms. The Bertz CT molecular complexity index is 1100. The van der Waals surface area contributed by atoms with E-state index in [0.29, 0.717) is 23.1 Å². The number of ether oxygens (including phenoxy) is 2. The molecule has 0 radical (unpaired) electrons. The summed E-state index contributed by atoms with van der Waals surface area (Å²) in [6.07, 6.45) is 0.200. The highest BCUT2D eigenvalue weighted by Gasteiger charge is 2.43. The van der Waals surface area contributed by atoms with E-state index >= 15 is 0 Å². The second-order valence-electron chi connectivity index (χ2n) is 8.66. The normalized spacial score (nSPS) is 15.7. The maximum absolute atomic E-state index is 13.5. The fraction of sp³-hybridized carbons (Fsp3) is 0.423. The molecule has 4 amide bonds. The summed E-state index contributed by atoms with van der Waals surface area (Å²) in [5.74, 6) is 6.40. The topological polar surface area (TPSA) is 117 Å². The summed E-state index contributed by atoms with van der Waals surface area (Å²) in [7, 11) is 0. The molecule has 3 N–H and O–H groups in total. The number of hydrazine groups is 1. The van der Waals surface area contributed by atoms with E-state index in [9.17, 15) is 14.4 Å². The number of hydrogen-bond acceptors (Lipinski definition) is 7. The van der Waals surface area contributed by atoms with Gasteiger partial charge in [0.25, 0.3) is 0 Å². The highest BCUT2D eigenvalue weighted by atomic mass is 35.5. The Hall–Kier alpha value is -3.50. The molecular weight excluding hydrogens is 498 g/mol. The van der Waals surface area contributed by atoms with Crippen molar-refractivity contribution in [3.63, 3.8) is 0 Å². The van der Waals surface area contributed by atoms with Crippen LogP contribution in [0.15, 0.2) is 42.5 Å². The van der Waals surface area contributed by atoms with E-state index in [0.717, 1.165) is 27.5 Å². The van der Waals surface area contributed by atoms with Crippen molar-refractivity contribution >= 4 is 35.3 Å². The molecule has 0 bridgehead atoms. The molecule has 11 heteroatoms. The van der Waals surface area contributed by atoms with E-state index in [1.54, 1.807) is 25.1 Å². The summed E-state index contributed by atoms with van der Waals surface area (Å²) in [5.41, 5.74) is 2.50. The van der Waals surface area contributed by atoms with Crippen LogP contribution in [0.4, 0.5) is 15.3 Å². The molecule has 0 aliphatic carbocycles. The minimum Gasteiger partial charge on any atom is -0.492 e. The molecule has 1 unspecified atom stereocenters. The number of amides is 4. The SMILES string of the molecule is CCCOc1ccc(NC2N(N)C(=O)N(CCCC(=O)OCC)C(=O)N2Cc2ccc(C)cc2)cc1Cl. The summed E-state index contributed by atoms with van der Waals surface area (Å²) in [4.78, 5) is 40.9. The van der Waals surface area contributed by atoms with Crippen molar-refractivity contribution in [2.24, 2.45) is 5.84 Å². The third kappa shape index (κ3) is 7.27. The average Bonchev–Trinajstić information content (AvgIpc) is 2.87.